The summed E-state index contributed by atoms with van der Waals surface area (Å²) in [5.41, 5.74) is 2.05. The van der Waals surface area contributed by atoms with Gasteiger partial charge in [0.2, 0.25) is 6.21 Å². The fraction of sp³-hybridized carbons (Fsp3) is 0.174. The molecule has 0 atom stereocenters. The van der Waals surface area contributed by atoms with Crippen LogP contribution in [0.2, 0.25) is 5.02 Å². The van der Waals surface area contributed by atoms with Crippen molar-refractivity contribution in [2.24, 2.45) is 7.05 Å². The highest BCUT2D eigenvalue weighted by Gasteiger charge is 2.33. The van der Waals surface area contributed by atoms with Crippen LogP contribution in [0.1, 0.15) is 10.4 Å². The molecule has 2 aromatic carbocycles. The third-order valence-corrected chi connectivity index (χ3v) is 5.24. The van der Waals surface area contributed by atoms with E-state index in [1.54, 1.807) is 42.2 Å². The number of amides is 1. The van der Waals surface area contributed by atoms with Crippen molar-refractivity contribution >= 4 is 29.4 Å². The Labute approximate surface area is 192 Å². The van der Waals surface area contributed by atoms with E-state index in [2.05, 4.69) is 10.4 Å². The van der Waals surface area contributed by atoms with Crippen LogP contribution in [0.25, 0.3) is 11.3 Å². The molecule has 1 aromatic heterocycles. The summed E-state index contributed by atoms with van der Waals surface area (Å²) in [7, 11) is 1.76. The SMILES string of the molecule is Cn1nccc1-c1cc(NC(=O)c2ccc(F)c(Cl)c2)ccc1OCC[N+]1=CC(F)(F)C=C1. The largest absolute Gasteiger partial charge is 0.486 e. The normalized spacial score (nSPS) is 14.3. The summed E-state index contributed by atoms with van der Waals surface area (Å²) >= 11 is 5.77. The third kappa shape index (κ3) is 5.25. The lowest BCUT2D eigenvalue weighted by Crippen LogP contribution is -2.19. The van der Waals surface area contributed by atoms with Gasteiger partial charge in [-0.25, -0.2) is 4.39 Å². The standard InChI is InChI=1S/C23H18ClF3N4O2/c1-30-20(6-8-28-30)17-13-16(29-22(32)15-2-4-19(25)18(24)12-15)3-5-21(17)33-11-10-31-9-7-23(26,27)14-31/h2-9,12-14H,10-11H2,1H3/p+1. The highest BCUT2D eigenvalue weighted by Crippen LogP contribution is 2.33. The van der Waals surface area contributed by atoms with E-state index < -0.39 is 17.6 Å². The molecule has 0 saturated carbocycles. The lowest BCUT2D eigenvalue weighted by Gasteiger charge is -2.14. The van der Waals surface area contributed by atoms with E-state index in [1.807, 2.05) is 0 Å². The quantitative estimate of drug-likeness (QED) is 0.501. The molecule has 170 valence electrons. The summed E-state index contributed by atoms with van der Waals surface area (Å²) in [6.45, 7) is 0.391. The first kappa shape index (κ1) is 22.6. The number of nitrogens with one attached hydrogen (secondary N) is 1. The van der Waals surface area contributed by atoms with Gasteiger partial charge in [-0.3, -0.25) is 9.48 Å². The average Bonchev–Trinajstić information content (AvgIpc) is 3.35. The molecule has 10 heteroatoms. The van der Waals surface area contributed by atoms with Crippen molar-refractivity contribution in [3.05, 3.63) is 77.3 Å². The molecule has 1 N–H and O–H groups in total. The van der Waals surface area contributed by atoms with Crippen molar-refractivity contribution in [3.63, 3.8) is 0 Å². The van der Waals surface area contributed by atoms with Crippen LogP contribution in [0.15, 0.2) is 60.9 Å². The van der Waals surface area contributed by atoms with Gasteiger partial charge in [0.25, 0.3) is 5.91 Å². The molecular weight excluding hydrogens is 457 g/mol. The molecule has 6 nitrogen and oxygen atoms in total. The van der Waals surface area contributed by atoms with E-state index >= 15 is 0 Å². The number of aryl methyl sites for hydroxylation is 1. The topological polar surface area (TPSA) is 59.2 Å². The first-order chi connectivity index (χ1) is 15.7. The molecule has 4 rings (SSSR count). The number of carbonyl (C=O) groups excluding carboxylic acids is 1. The predicted molar refractivity (Wildman–Crippen MR) is 119 cm³/mol. The lowest BCUT2D eigenvalue weighted by atomic mass is 10.1. The number of anilines is 1. The Morgan fingerprint density at radius 3 is 2.73 bits per heavy atom. The summed E-state index contributed by atoms with van der Waals surface area (Å²) in [5.74, 6) is -3.52. The Bertz CT molecular complexity index is 1270. The zero-order chi connectivity index (χ0) is 23.6. The number of rotatable bonds is 7. The number of alkyl halides is 2. The monoisotopic (exact) mass is 475 g/mol. The molecular formula is C23H19ClF3N4O2+. The molecule has 0 spiro atoms. The lowest BCUT2D eigenvalue weighted by molar-refractivity contribution is -0.453. The Morgan fingerprint density at radius 1 is 1.24 bits per heavy atom. The van der Waals surface area contributed by atoms with Crippen molar-refractivity contribution in [1.82, 2.24) is 9.78 Å². The molecule has 0 radical (unpaired) electrons. The molecule has 0 aliphatic carbocycles. The van der Waals surface area contributed by atoms with Crippen LogP contribution < -0.4 is 10.1 Å². The Kier molecular flexibility index (Phi) is 6.24. The Morgan fingerprint density at radius 2 is 2.06 bits per heavy atom. The van der Waals surface area contributed by atoms with E-state index in [0.29, 0.717) is 17.0 Å². The molecule has 2 heterocycles. The van der Waals surface area contributed by atoms with E-state index in [9.17, 15) is 18.0 Å². The number of benzene rings is 2. The second-order valence-electron chi connectivity index (χ2n) is 7.34. The number of halogens is 4. The molecule has 0 fully saturated rings. The minimum atomic E-state index is -2.95. The van der Waals surface area contributed by atoms with Crippen molar-refractivity contribution in [3.8, 4) is 17.0 Å². The maximum absolute atomic E-state index is 13.4. The summed E-state index contributed by atoms with van der Waals surface area (Å²) in [6, 6.07) is 10.5. The van der Waals surface area contributed by atoms with Crippen LogP contribution in [-0.4, -0.2) is 45.6 Å². The van der Waals surface area contributed by atoms with Crippen LogP contribution >= 0.6 is 11.6 Å². The maximum Gasteiger partial charge on any atom is 0.347 e. The van der Waals surface area contributed by atoms with Gasteiger partial charge in [-0.15, -0.1) is 0 Å². The van der Waals surface area contributed by atoms with Gasteiger partial charge >= 0.3 is 5.92 Å². The Hall–Kier alpha value is -3.59. The fourth-order valence-electron chi connectivity index (χ4n) is 3.31. The highest BCUT2D eigenvalue weighted by atomic mass is 35.5. The molecule has 1 aliphatic rings. The van der Waals surface area contributed by atoms with Gasteiger partial charge in [-0.1, -0.05) is 11.6 Å². The zero-order valence-corrected chi connectivity index (χ0v) is 18.2. The minimum absolute atomic E-state index is 0.148. The van der Waals surface area contributed by atoms with Crippen molar-refractivity contribution in [1.29, 1.82) is 0 Å². The van der Waals surface area contributed by atoms with Gasteiger partial charge in [0.15, 0.2) is 12.7 Å². The number of ether oxygens (including phenoxy) is 1. The van der Waals surface area contributed by atoms with Gasteiger partial charge < -0.3 is 10.1 Å². The van der Waals surface area contributed by atoms with Crippen LogP contribution in [0.5, 0.6) is 5.75 Å². The van der Waals surface area contributed by atoms with Gasteiger partial charge in [-0.05, 0) is 42.5 Å². The van der Waals surface area contributed by atoms with Crippen LogP contribution in [0, 0.1) is 5.82 Å². The van der Waals surface area contributed by atoms with Crippen molar-refractivity contribution in [2.75, 3.05) is 18.5 Å². The number of hydrogen-bond donors (Lipinski definition) is 1. The summed E-state index contributed by atoms with van der Waals surface area (Å²) in [6.07, 6.45) is 4.58. The summed E-state index contributed by atoms with van der Waals surface area (Å²) < 4.78 is 48.8. The molecule has 33 heavy (non-hydrogen) atoms. The van der Waals surface area contributed by atoms with Crippen molar-refractivity contribution in [2.45, 2.75) is 5.92 Å². The second kappa shape index (κ2) is 9.11. The van der Waals surface area contributed by atoms with E-state index in [1.165, 1.54) is 22.9 Å². The zero-order valence-electron chi connectivity index (χ0n) is 17.4. The number of nitrogens with zero attached hydrogens (tertiary/aromatic N) is 3. The van der Waals surface area contributed by atoms with E-state index in [-0.39, 0.29) is 23.7 Å². The molecule has 0 unspecified atom stereocenters. The predicted octanol–water partition coefficient (Wildman–Crippen LogP) is 4.76. The molecule has 1 aliphatic heterocycles. The van der Waals surface area contributed by atoms with E-state index in [0.717, 1.165) is 24.1 Å². The highest BCUT2D eigenvalue weighted by molar-refractivity contribution is 6.31. The fourth-order valence-corrected chi connectivity index (χ4v) is 3.50. The molecule has 3 aromatic rings. The smallest absolute Gasteiger partial charge is 0.347 e. The maximum atomic E-state index is 13.4. The van der Waals surface area contributed by atoms with Crippen molar-refractivity contribution < 1.29 is 27.3 Å². The molecule has 0 bridgehead atoms. The van der Waals surface area contributed by atoms with E-state index in [4.69, 9.17) is 16.3 Å². The summed E-state index contributed by atoms with van der Waals surface area (Å²) in [5, 5.41) is 6.77. The van der Waals surface area contributed by atoms with Crippen LogP contribution in [0.3, 0.4) is 0 Å². The number of hydrogen-bond acceptors (Lipinski definition) is 3. The van der Waals surface area contributed by atoms with Gasteiger partial charge in [0.05, 0.1) is 16.8 Å². The second-order valence-corrected chi connectivity index (χ2v) is 7.75. The molecule has 0 saturated heterocycles. The minimum Gasteiger partial charge on any atom is -0.486 e. The number of aromatic nitrogens is 2. The van der Waals surface area contributed by atoms with Crippen LogP contribution in [-0.2, 0) is 7.05 Å². The van der Waals surface area contributed by atoms with Gasteiger partial charge in [-0.2, -0.15) is 18.5 Å². The van der Waals surface area contributed by atoms with Crippen LogP contribution in [0.4, 0.5) is 18.9 Å². The summed E-state index contributed by atoms with van der Waals surface area (Å²) in [4.78, 5) is 12.6. The average molecular weight is 476 g/mol. The number of carbonyl (C=O) groups is 1. The first-order valence-electron chi connectivity index (χ1n) is 9.92. The third-order valence-electron chi connectivity index (χ3n) is 4.95. The van der Waals surface area contributed by atoms with Gasteiger partial charge in [0.1, 0.15) is 18.2 Å². The number of allylic oxidation sites excluding steroid dienone is 1. The van der Waals surface area contributed by atoms with Gasteiger partial charge in [0, 0.05) is 30.1 Å². The first-order valence-corrected chi connectivity index (χ1v) is 10.3. The Balaban J connectivity index is 1.54. The molecule has 1 amide bonds.